The van der Waals surface area contributed by atoms with Crippen LogP contribution in [0.4, 0.5) is 0 Å². The molecule has 2 atom stereocenters. The molecule has 3 saturated carbocycles. The Balaban J connectivity index is 1.46. The number of ether oxygens (including phenoxy) is 1. The van der Waals surface area contributed by atoms with Crippen LogP contribution in [-0.2, 0) is 11.3 Å². The molecule has 3 fully saturated rings. The quantitative estimate of drug-likeness (QED) is 0.893. The molecule has 1 amide bonds. The van der Waals surface area contributed by atoms with Gasteiger partial charge in [0.1, 0.15) is 5.75 Å². The Kier molecular flexibility index (Phi) is 4.72. The van der Waals surface area contributed by atoms with Crippen molar-refractivity contribution in [1.82, 2.24) is 4.90 Å². The Hall–Kier alpha value is -1.55. The van der Waals surface area contributed by atoms with E-state index in [1.807, 2.05) is 12.1 Å². The minimum Gasteiger partial charge on any atom is -0.497 e. The van der Waals surface area contributed by atoms with Crippen LogP contribution in [0.25, 0.3) is 0 Å². The first kappa shape index (κ1) is 16.9. The molecule has 4 heteroatoms. The van der Waals surface area contributed by atoms with Gasteiger partial charge in [-0.2, -0.15) is 0 Å². The van der Waals surface area contributed by atoms with Crippen LogP contribution >= 0.6 is 0 Å². The molecule has 4 rings (SSSR count). The molecule has 2 bridgehead atoms. The normalized spacial score (nSPS) is 31.4. The number of hydrogen-bond acceptors (Lipinski definition) is 3. The van der Waals surface area contributed by atoms with Crippen molar-refractivity contribution in [3.8, 4) is 5.75 Å². The van der Waals surface area contributed by atoms with Crippen LogP contribution in [0, 0.1) is 17.8 Å². The first-order valence-electron chi connectivity index (χ1n) is 9.84. The molecule has 0 radical (unpaired) electrons. The van der Waals surface area contributed by atoms with Crippen LogP contribution in [0.15, 0.2) is 24.3 Å². The zero-order valence-corrected chi connectivity index (χ0v) is 15.2. The lowest BCUT2D eigenvalue weighted by atomic mass is 9.65. The second kappa shape index (κ2) is 6.99. The van der Waals surface area contributed by atoms with Crippen LogP contribution in [0.2, 0.25) is 0 Å². The van der Waals surface area contributed by atoms with Gasteiger partial charge in [0, 0.05) is 24.5 Å². The lowest BCUT2D eigenvalue weighted by molar-refractivity contribution is -0.140. The highest BCUT2D eigenvalue weighted by Gasteiger charge is 2.43. The Morgan fingerprint density at radius 3 is 2.32 bits per heavy atom. The fourth-order valence-electron chi connectivity index (χ4n) is 4.93. The van der Waals surface area contributed by atoms with Crippen LogP contribution in [0.3, 0.4) is 0 Å². The summed E-state index contributed by atoms with van der Waals surface area (Å²) in [5.41, 5.74) is 7.60. The van der Waals surface area contributed by atoms with Gasteiger partial charge in [0.25, 0.3) is 0 Å². The van der Waals surface area contributed by atoms with Crippen molar-refractivity contribution in [1.29, 1.82) is 0 Å². The van der Waals surface area contributed by atoms with E-state index < -0.39 is 0 Å². The fourth-order valence-corrected chi connectivity index (χ4v) is 4.93. The molecule has 0 aliphatic heterocycles. The van der Waals surface area contributed by atoms with Gasteiger partial charge in [-0.05, 0) is 68.1 Å². The number of rotatable bonds is 5. The molecule has 2 N–H and O–H groups in total. The molecule has 3 aliphatic rings. The SMILES string of the molecule is COc1ccc(CN(C(=O)C2CC3CCCC(C2)C3N)C2CC2)cc1. The molecule has 3 aliphatic carbocycles. The van der Waals surface area contributed by atoms with Crippen LogP contribution in [0.1, 0.15) is 50.5 Å². The summed E-state index contributed by atoms with van der Waals surface area (Å²) in [5.74, 6) is 2.55. The molecule has 136 valence electrons. The van der Waals surface area contributed by atoms with E-state index in [0.717, 1.165) is 38.0 Å². The highest BCUT2D eigenvalue weighted by molar-refractivity contribution is 5.79. The third-order valence-electron chi connectivity index (χ3n) is 6.54. The lowest BCUT2D eigenvalue weighted by Crippen LogP contribution is -2.50. The second-order valence-corrected chi connectivity index (χ2v) is 8.24. The maximum Gasteiger partial charge on any atom is 0.226 e. The molecule has 25 heavy (non-hydrogen) atoms. The Labute approximate surface area is 150 Å². The van der Waals surface area contributed by atoms with Gasteiger partial charge < -0.3 is 15.4 Å². The zero-order valence-electron chi connectivity index (χ0n) is 15.2. The van der Waals surface area contributed by atoms with Crippen LogP contribution in [0.5, 0.6) is 5.75 Å². The third kappa shape index (κ3) is 3.55. The summed E-state index contributed by atoms with van der Waals surface area (Å²) in [4.78, 5) is 15.5. The summed E-state index contributed by atoms with van der Waals surface area (Å²) in [6, 6.07) is 8.89. The Morgan fingerprint density at radius 1 is 1.12 bits per heavy atom. The van der Waals surface area contributed by atoms with Crippen molar-refractivity contribution in [3.63, 3.8) is 0 Å². The molecular formula is C21H30N2O2. The predicted octanol–water partition coefficient (Wildman–Crippen LogP) is 3.34. The average molecular weight is 342 g/mol. The van der Waals surface area contributed by atoms with E-state index in [0.29, 0.717) is 29.8 Å². The van der Waals surface area contributed by atoms with Gasteiger partial charge in [-0.1, -0.05) is 18.6 Å². The smallest absolute Gasteiger partial charge is 0.226 e. The lowest BCUT2D eigenvalue weighted by Gasteiger charge is -2.44. The topological polar surface area (TPSA) is 55.6 Å². The van der Waals surface area contributed by atoms with Gasteiger partial charge in [0.15, 0.2) is 0 Å². The molecule has 1 aromatic carbocycles. The zero-order chi connectivity index (χ0) is 17.4. The maximum absolute atomic E-state index is 13.3. The second-order valence-electron chi connectivity index (χ2n) is 8.24. The summed E-state index contributed by atoms with van der Waals surface area (Å²) in [5, 5.41) is 0. The number of fused-ring (bicyclic) bond motifs is 2. The summed E-state index contributed by atoms with van der Waals surface area (Å²) in [6.07, 6.45) is 8.03. The third-order valence-corrected chi connectivity index (χ3v) is 6.54. The molecule has 4 nitrogen and oxygen atoms in total. The standard InChI is InChI=1S/C21H30N2O2/c1-25-19-9-5-14(6-10-19)13-23(18-7-8-18)21(24)17-11-15-3-2-4-16(12-17)20(15)22/h5-6,9-10,15-18,20H,2-4,7-8,11-13,22H2,1H3. The first-order valence-corrected chi connectivity index (χ1v) is 9.84. The van der Waals surface area contributed by atoms with Gasteiger partial charge in [-0.15, -0.1) is 0 Å². The van der Waals surface area contributed by atoms with Gasteiger partial charge in [0.2, 0.25) is 5.91 Å². The van der Waals surface area contributed by atoms with E-state index in [1.54, 1.807) is 7.11 Å². The molecule has 0 heterocycles. The van der Waals surface area contributed by atoms with Crippen molar-refractivity contribution in [3.05, 3.63) is 29.8 Å². The molecule has 1 aromatic rings. The largest absolute Gasteiger partial charge is 0.497 e. The highest BCUT2D eigenvalue weighted by atomic mass is 16.5. The summed E-state index contributed by atoms with van der Waals surface area (Å²) in [7, 11) is 1.68. The number of carbonyl (C=O) groups excluding carboxylic acids is 1. The number of carbonyl (C=O) groups is 1. The van der Waals surface area contributed by atoms with E-state index in [4.69, 9.17) is 10.5 Å². The van der Waals surface area contributed by atoms with Crippen molar-refractivity contribution >= 4 is 5.91 Å². The minimum absolute atomic E-state index is 0.189. The maximum atomic E-state index is 13.3. The number of methoxy groups -OCH3 is 1. The summed E-state index contributed by atoms with van der Waals surface area (Å²) >= 11 is 0. The Bertz CT molecular complexity index is 597. The molecular weight excluding hydrogens is 312 g/mol. The van der Waals surface area contributed by atoms with Gasteiger partial charge in [0.05, 0.1) is 7.11 Å². The van der Waals surface area contributed by atoms with Crippen molar-refractivity contribution in [2.75, 3.05) is 7.11 Å². The number of hydrogen-bond donors (Lipinski definition) is 1. The molecule has 0 aromatic heterocycles. The van der Waals surface area contributed by atoms with Gasteiger partial charge in [-0.25, -0.2) is 0 Å². The molecule has 2 unspecified atom stereocenters. The van der Waals surface area contributed by atoms with E-state index in [-0.39, 0.29) is 5.92 Å². The van der Waals surface area contributed by atoms with Crippen LogP contribution < -0.4 is 10.5 Å². The average Bonchev–Trinajstić information content (AvgIpc) is 3.44. The fraction of sp³-hybridized carbons (Fsp3) is 0.667. The number of nitrogens with two attached hydrogens (primary N) is 1. The summed E-state index contributed by atoms with van der Waals surface area (Å²) < 4.78 is 5.24. The number of amides is 1. The Morgan fingerprint density at radius 2 is 1.76 bits per heavy atom. The first-order chi connectivity index (χ1) is 12.2. The van der Waals surface area contributed by atoms with Gasteiger partial charge in [-0.3, -0.25) is 4.79 Å². The highest BCUT2D eigenvalue weighted by Crippen LogP contribution is 2.43. The van der Waals surface area contributed by atoms with Crippen molar-refractivity contribution < 1.29 is 9.53 Å². The van der Waals surface area contributed by atoms with Crippen molar-refractivity contribution in [2.45, 2.75) is 63.6 Å². The van der Waals surface area contributed by atoms with E-state index >= 15 is 0 Å². The molecule has 0 saturated heterocycles. The summed E-state index contributed by atoms with van der Waals surface area (Å²) in [6.45, 7) is 0.728. The van der Waals surface area contributed by atoms with E-state index in [1.165, 1.54) is 24.8 Å². The number of nitrogens with zero attached hydrogens (tertiary/aromatic N) is 1. The number of benzene rings is 1. The molecule has 0 spiro atoms. The minimum atomic E-state index is 0.189. The van der Waals surface area contributed by atoms with E-state index in [9.17, 15) is 4.79 Å². The van der Waals surface area contributed by atoms with E-state index in [2.05, 4.69) is 17.0 Å². The van der Waals surface area contributed by atoms with Crippen molar-refractivity contribution in [2.24, 2.45) is 23.5 Å². The monoisotopic (exact) mass is 342 g/mol. The van der Waals surface area contributed by atoms with Crippen LogP contribution in [-0.4, -0.2) is 30.0 Å². The predicted molar refractivity (Wildman–Crippen MR) is 98.1 cm³/mol. The van der Waals surface area contributed by atoms with Gasteiger partial charge >= 0.3 is 0 Å².